The van der Waals surface area contributed by atoms with E-state index in [4.69, 9.17) is 0 Å². The van der Waals surface area contributed by atoms with Crippen LogP contribution in [0.5, 0.6) is 0 Å². The molecule has 0 saturated heterocycles. The fourth-order valence-electron chi connectivity index (χ4n) is 0.980. The van der Waals surface area contributed by atoms with Gasteiger partial charge in [0, 0.05) is 9.99 Å². The minimum atomic E-state index is 0.150. The molecule has 0 aromatic heterocycles. The van der Waals surface area contributed by atoms with E-state index in [0.717, 1.165) is 15.6 Å². The smallest absolute Gasteiger partial charge is 0.160 e. The average molecular weight is 260 g/mol. The number of Topliss-reactive ketones (excluding diaryl/α,β-unsaturated/α-hetero) is 1. The highest BCUT2D eigenvalue weighted by Gasteiger charge is 2.03. The molecule has 0 heterocycles. The number of benzene rings is 1. The van der Waals surface area contributed by atoms with Crippen molar-refractivity contribution in [2.45, 2.75) is 11.4 Å². The third kappa shape index (κ3) is 2.02. The van der Waals surface area contributed by atoms with Crippen molar-refractivity contribution in [1.82, 2.24) is 0 Å². The van der Waals surface area contributed by atoms with Gasteiger partial charge in [0.25, 0.3) is 0 Å². The molecule has 0 N–H and O–H groups in total. The monoisotopic (exact) mass is 260 g/mol. The molecule has 0 amide bonds. The standard InChI is InChI=1S/C9H9IO/c1-7(11)9-5-3-2-4-8(9)6-10/h2-5H,6H2,1H3. The van der Waals surface area contributed by atoms with Crippen LogP contribution in [0.2, 0.25) is 0 Å². The molecule has 0 fully saturated rings. The summed E-state index contributed by atoms with van der Waals surface area (Å²) in [6, 6.07) is 7.71. The summed E-state index contributed by atoms with van der Waals surface area (Å²) in [5, 5.41) is 0. The lowest BCUT2D eigenvalue weighted by molar-refractivity contribution is 0.101. The van der Waals surface area contributed by atoms with Crippen LogP contribution in [0.25, 0.3) is 0 Å². The molecule has 1 aromatic carbocycles. The Morgan fingerprint density at radius 2 is 2.09 bits per heavy atom. The van der Waals surface area contributed by atoms with Crippen molar-refractivity contribution in [3.05, 3.63) is 35.4 Å². The van der Waals surface area contributed by atoms with Gasteiger partial charge in [-0.15, -0.1) is 0 Å². The van der Waals surface area contributed by atoms with Gasteiger partial charge in [-0.25, -0.2) is 0 Å². The lowest BCUT2D eigenvalue weighted by Crippen LogP contribution is -1.96. The molecule has 0 bridgehead atoms. The predicted octanol–water partition coefficient (Wildman–Crippen LogP) is 2.82. The summed E-state index contributed by atoms with van der Waals surface area (Å²) in [6.07, 6.45) is 0. The van der Waals surface area contributed by atoms with Gasteiger partial charge in [-0.1, -0.05) is 46.9 Å². The lowest BCUT2D eigenvalue weighted by Gasteiger charge is -2.00. The first-order valence-corrected chi connectivity index (χ1v) is 4.93. The predicted molar refractivity (Wildman–Crippen MR) is 54.2 cm³/mol. The highest BCUT2D eigenvalue weighted by molar-refractivity contribution is 14.1. The van der Waals surface area contributed by atoms with Gasteiger partial charge in [0.1, 0.15) is 0 Å². The van der Waals surface area contributed by atoms with Crippen molar-refractivity contribution in [1.29, 1.82) is 0 Å². The molecule has 0 radical (unpaired) electrons. The number of carbonyl (C=O) groups is 1. The van der Waals surface area contributed by atoms with E-state index in [0.29, 0.717) is 0 Å². The number of ketones is 1. The maximum atomic E-state index is 11.0. The van der Waals surface area contributed by atoms with Crippen LogP contribution in [0, 0.1) is 0 Å². The molecular formula is C9H9IO. The third-order valence-electron chi connectivity index (χ3n) is 1.54. The third-order valence-corrected chi connectivity index (χ3v) is 2.36. The van der Waals surface area contributed by atoms with Gasteiger partial charge in [-0.2, -0.15) is 0 Å². The number of carbonyl (C=O) groups excluding carboxylic acids is 1. The number of halogens is 1. The van der Waals surface area contributed by atoms with Crippen LogP contribution in [0.4, 0.5) is 0 Å². The molecule has 0 saturated carbocycles. The van der Waals surface area contributed by atoms with E-state index in [9.17, 15) is 4.79 Å². The van der Waals surface area contributed by atoms with Gasteiger partial charge < -0.3 is 0 Å². The fourth-order valence-corrected chi connectivity index (χ4v) is 1.65. The van der Waals surface area contributed by atoms with E-state index < -0.39 is 0 Å². The topological polar surface area (TPSA) is 17.1 Å². The quantitative estimate of drug-likeness (QED) is 0.454. The maximum Gasteiger partial charge on any atom is 0.160 e. The Kier molecular flexibility index (Phi) is 3.05. The highest BCUT2D eigenvalue weighted by atomic mass is 127. The first-order valence-electron chi connectivity index (χ1n) is 3.40. The molecule has 0 atom stereocenters. The Hall–Kier alpha value is -0.380. The SMILES string of the molecule is CC(=O)c1ccccc1CI. The van der Waals surface area contributed by atoms with E-state index in [1.807, 2.05) is 24.3 Å². The Balaban J connectivity index is 3.12. The van der Waals surface area contributed by atoms with E-state index in [1.165, 1.54) is 0 Å². The van der Waals surface area contributed by atoms with Crippen LogP contribution in [0.15, 0.2) is 24.3 Å². The first kappa shape index (κ1) is 8.71. The Morgan fingerprint density at radius 1 is 1.45 bits per heavy atom. The first-order chi connectivity index (χ1) is 5.25. The van der Waals surface area contributed by atoms with Gasteiger partial charge in [-0.3, -0.25) is 4.79 Å². The van der Waals surface area contributed by atoms with Gasteiger partial charge in [0.05, 0.1) is 0 Å². The Bertz CT molecular complexity index is 268. The number of alkyl halides is 1. The summed E-state index contributed by atoms with van der Waals surface area (Å²) >= 11 is 2.26. The largest absolute Gasteiger partial charge is 0.295 e. The molecule has 2 heteroatoms. The number of hydrogen-bond acceptors (Lipinski definition) is 1. The second-order valence-electron chi connectivity index (χ2n) is 2.35. The molecule has 1 aromatic rings. The normalized spacial score (nSPS) is 9.64. The van der Waals surface area contributed by atoms with Crippen molar-refractivity contribution in [2.24, 2.45) is 0 Å². The zero-order valence-electron chi connectivity index (χ0n) is 6.30. The molecule has 1 nitrogen and oxygen atoms in total. The molecule has 1 rings (SSSR count). The van der Waals surface area contributed by atoms with Crippen molar-refractivity contribution < 1.29 is 4.79 Å². The molecule has 0 aliphatic carbocycles. The summed E-state index contributed by atoms with van der Waals surface area (Å²) in [5.41, 5.74) is 1.97. The summed E-state index contributed by atoms with van der Waals surface area (Å²) in [5.74, 6) is 0.150. The Morgan fingerprint density at radius 3 is 2.55 bits per heavy atom. The molecule has 11 heavy (non-hydrogen) atoms. The summed E-state index contributed by atoms with van der Waals surface area (Å²) in [4.78, 5) is 11.0. The summed E-state index contributed by atoms with van der Waals surface area (Å²) < 4.78 is 0.896. The van der Waals surface area contributed by atoms with Crippen molar-refractivity contribution in [3.63, 3.8) is 0 Å². The van der Waals surface area contributed by atoms with Crippen LogP contribution >= 0.6 is 22.6 Å². The minimum Gasteiger partial charge on any atom is -0.295 e. The minimum absolute atomic E-state index is 0.150. The van der Waals surface area contributed by atoms with E-state index in [2.05, 4.69) is 22.6 Å². The molecular weight excluding hydrogens is 251 g/mol. The molecule has 0 aliphatic rings. The van der Waals surface area contributed by atoms with Crippen molar-refractivity contribution >= 4 is 28.4 Å². The zero-order valence-corrected chi connectivity index (χ0v) is 8.46. The van der Waals surface area contributed by atoms with Gasteiger partial charge in [0.15, 0.2) is 5.78 Å². The molecule has 0 spiro atoms. The summed E-state index contributed by atoms with van der Waals surface area (Å²) in [7, 11) is 0. The number of rotatable bonds is 2. The van der Waals surface area contributed by atoms with E-state index >= 15 is 0 Å². The maximum absolute atomic E-state index is 11.0. The van der Waals surface area contributed by atoms with Gasteiger partial charge in [-0.05, 0) is 12.5 Å². The fraction of sp³-hybridized carbons (Fsp3) is 0.222. The zero-order chi connectivity index (χ0) is 8.27. The van der Waals surface area contributed by atoms with Crippen LogP contribution in [0.3, 0.4) is 0 Å². The second-order valence-corrected chi connectivity index (χ2v) is 3.11. The number of hydrogen-bond donors (Lipinski definition) is 0. The average Bonchev–Trinajstić information content (AvgIpc) is 2.04. The Labute approximate surface area is 79.9 Å². The van der Waals surface area contributed by atoms with Crippen molar-refractivity contribution in [3.8, 4) is 0 Å². The van der Waals surface area contributed by atoms with Crippen molar-refractivity contribution in [2.75, 3.05) is 0 Å². The van der Waals surface area contributed by atoms with Crippen LogP contribution in [0.1, 0.15) is 22.8 Å². The van der Waals surface area contributed by atoms with E-state index in [-0.39, 0.29) is 5.78 Å². The lowest BCUT2D eigenvalue weighted by atomic mass is 10.1. The van der Waals surface area contributed by atoms with E-state index in [1.54, 1.807) is 6.92 Å². The van der Waals surface area contributed by atoms with Crippen LogP contribution in [-0.4, -0.2) is 5.78 Å². The highest BCUT2D eigenvalue weighted by Crippen LogP contribution is 2.12. The summed E-state index contributed by atoms with van der Waals surface area (Å²) in [6.45, 7) is 1.60. The molecule has 0 aliphatic heterocycles. The van der Waals surface area contributed by atoms with Gasteiger partial charge >= 0.3 is 0 Å². The molecule has 0 unspecified atom stereocenters. The molecule has 58 valence electrons. The van der Waals surface area contributed by atoms with Crippen LogP contribution < -0.4 is 0 Å². The second kappa shape index (κ2) is 3.85. The van der Waals surface area contributed by atoms with Crippen LogP contribution in [-0.2, 0) is 4.43 Å². The van der Waals surface area contributed by atoms with Gasteiger partial charge in [0.2, 0.25) is 0 Å².